The number of anilines is 1. The zero-order valence-electron chi connectivity index (χ0n) is 12.9. The summed E-state index contributed by atoms with van der Waals surface area (Å²) < 4.78 is 0. The first kappa shape index (κ1) is 14.3. The molecule has 2 aliphatic rings. The molecule has 0 radical (unpaired) electrons. The van der Waals surface area contributed by atoms with E-state index in [1.807, 2.05) is 0 Å². The van der Waals surface area contributed by atoms with Gasteiger partial charge in [-0.25, -0.2) is 4.98 Å². The van der Waals surface area contributed by atoms with Crippen LogP contribution in [0.5, 0.6) is 0 Å². The Morgan fingerprint density at radius 2 is 1.95 bits per heavy atom. The smallest absolute Gasteiger partial charge is 0.185 e. The third-order valence-electron chi connectivity index (χ3n) is 5.07. The van der Waals surface area contributed by atoms with Gasteiger partial charge in [0.05, 0.1) is 11.8 Å². The normalized spacial score (nSPS) is 26.3. The molecule has 20 heavy (non-hydrogen) atoms. The van der Waals surface area contributed by atoms with Crippen molar-refractivity contribution in [2.75, 3.05) is 11.9 Å². The van der Waals surface area contributed by atoms with Crippen molar-refractivity contribution in [3.8, 4) is 0 Å². The molecular formula is C16H26N2OS. The summed E-state index contributed by atoms with van der Waals surface area (Å²) in [6.45, 7) is 4.75. The Kier molecular flexibility index (Phi) is 3.80. The van der Waals surface area contributed by atoms with Crippen LogP contribution in [0, 0.1) is 5.41 Å². The largest absolute Gasteiger partial charge is 0.387 e. The minimum atomic E-state index is -0.331. The van der Waals surface area contributed by atoms with Crippen LogP contribution in [-0.4, -0.2) is 23.2 Å². The Balaban J connectivity index is 1.73. The summed E-state index contributed by atoms with van der Waals surface area (Å²) in [6.07, 6.45) is 7.85. The number of fused-ring (bicyclic) bond motifs is 1. The van der Waals surface area contributed by atoms with Gasteiger partial charge in [-0.3, -0.25) is 0 Å². The lowest BCUT2D eigenvalue weighted by atomic mass is 9.75. The lowest BCUT2D eigenvalue weighted by Crippen LogP contribution is -2.37. The van der Waals surface area contributed by atoms with Gasteiger partial charge in [0.1, 0.15) is 0 Å². The molecule has 4 heteroatoms. The number of aliphatic hydroxyl groups excluding tert-OH is 1. The van der Waals surface area contributed by atoms with Gasteiger partial charge in [-0.2, -0.15) is 0 Å². The molecule has 1 heterocycles. The Bertz CT molecular complexity index is 473. The molecule has 1 saturated carbocycles. The number of aromatic nitrogens is 1. The van der Waals surface area contributed by atoms with Gasteiger partial charge in [0.2, 0.25) is 0 Å². The molecule has 0 saturated heterocycles. The fraction of sp³-hybridized carbons (Fsp3) is 0.812. The zero-order valence-corrected chi connectivity index (χ0v) is 13.7. The SMILES string of the molecule is CN(c1nc2c(s1)CCCC2O)C1CCC(C)(C)CC1. The van der Waals surface area contributed by atoms with Crippen molar-refractivity contribution >= 4 is 16.5 Å². The first-order valence-electron chi connectivity index (χ1n) is 7.87. The summed E-state index contributed by atoms with van der Waals surface area (Å²) >= 11 is 1.80. The Hall–Kier alpha value is -0.610. The molecule has 1 aromatic rings. The van der Waals surface area contributed by atoms with Crippen LogP contribution in [0.1, 0.15) is 69.0 Å². The highest BCUT2D eigenvalue weighted by molar-refractivity contribution is 7.15. The standard InChI is InChI=1S/C16H26N2OS/c1-16(2)9-7-11(8-10-16)18(3)15-17-14-12(19)5-4-6-13(14)20-15/h11-12,19H,4-10H2,1-3H3. The topological polar surface area (TPSA) is 36.4 Å². The van der Waals surface area contributed by atoms with E-state index in [4.69, 9.17) is 4.98 Å². The monoisotopic (exact) mass is 294 g/mol. The fourth-order valence-corrected chi connectivity index (χ4v) is 4.65. The molecule has 2 aliphatic carbocycles. The number of rotatable bonds is 2. The van der Waals surface area contributed by atoms with Crippen LogP contribution in [0.15, 0.2) is 0 Å². The van der Waals surface area contributed by atoms with Crippen LogP contribution in [-0.2, 0) is 6.42 Å². The molecule has 1 N–H and O–H groups in total. The number of hydrogen-bond donors (Lipinski definition) is 1. The van der Waals surface area contributed by atoms with Crippen molar-refractivity contribution in [1.29, 1.82) is 0 Å². The minimum absolute atomic E-state index is 0.331. The van der Waals surface area contributed by atoms with Crippen LogP contribution < -0.4 is 4.90 Å². The number of thiazole rings is 1. The van der Waals surface area contributed by atoms with Crippen LogP contribution in [0.2, 0.25) is 0 Å². The van der Waals surface area contributed by atoms with Crippen molar-refractivity contribution in [1.82, 2.24) is 4.98 Å². The van der Waals surface area contributed by atoms with E-state index in [9.17, 15) is 5.11 Å². The second-order valence-corrected chi connectivity index (χ2v) is 8.28. The molecule has 1 unspecified atom stereocenters. The van der Waals surface area contributed by atoms with Gasteiger partial charge >= 0.3 is 0 Å². The van der Waals surface area contributed by atoms with E-state index in [0.717, 1.165) is 30.1 Å². The Labute approximate surface area is 126 Å². The van der Waals surface area contributed by atoms with Gasteiger partial charge in [0, 0.05) is 18.0 Å². The van der Waals surface area contributed by atoms with Crippen molar-refractivity contribution in [2.45, 2.75) is 70.9 Å². The van der Waals surface area contributed by atoms with E-state index >= 15 is 0 Å². The molecule has 0 aliphatic heterocycles. The van der Waals surface area contributed by atoms with Crippen LogP contribution >= 0.6 is 11.3 Å². The molecule has 1 fully saturated rings. The van der Waals surface area contributed by atoms with Gasteiger partial charge in [-0.15, -0.1) is 11.3 Å². The van der Waals surface area contributed by atoms with Gasteiger partial charge in [0.25, 0.3) is 0 Å². The van der Waals surface area contributed by atoms with Crippen molar-refractivity contribution in [3.05, 3.63) is 10.6 Å². The van der Waals surface area contributed by atoms with Crippen molar-refractivity contribution in [2.24, 2.45) is 5.41 Å². The van der Waals surface area contributed by atoms with E-state index < -0.39 is 0 Å². The molecular weight excluding hydrogens is 268 g/mol. The molecule has 0 aromatic carbocycles. The third kappa shape index (κ3) is 2.73. The number of nitrogens with zero attached hydrogens (tertiary/aromatic N) is 2. The lowest BCUT2D eigenvalue weighted by molar-refractivity contribution is 0.153. The predicted molar refractivity (Wildman–Crippen MR) is 84.5 cm³/mol. The summed E-state index contributed by atoms with van der Waals surface area (Å²) in [5.74, 6) is 0. The van der Waals surface area contributed by atoms with Gasteiger partial charge in [-0.1, -0.05) is 13.8 Å². The number of aryl methyl sites for hydroxylation is 1. The maximum Gasteiger partial charge on any atom is 0.185 e. The van der Waals surface area contributed by atoms with E-state index in [1.54, 1.807) is 11.3 Å². The van der Waals surface area contributed by atoms with Crippen molar-refractivity contribution < 1.29 is 5.11 Å². The molecule has 3 rings (SSSR count). The zero-order chi connectivity index (χ0) is 14.3. The first-order chi connectivity index (χ1) is 9.46. The average Bonchev–Trinajstić information content (AvgIpc) is 2.83. The van der Waals surface area contributed by atoms with E-state index in [2.05, 4.69) is 25.8 Å². The fourth-order valence-electron chi connectivity index (χ4n) is 3.46. The summed E-state index contributed by atoms with van der Waals surface area (Å²) in [5.41, 5.74) is 1.47. The minimum Gasteiger partial charge on any atom is -0.387 e. The molecule has 0 amide bonds. The van der Waals surface area contributed by atoms with E-state index in [1.165, 1.54) is 30.6 Å². The second kappa shape index (κ2) is 5.30. The van der Waals surface area contributed by atoms with E-state index in [-0.39, 0.29) is 6.10 Å². The summed E-state index contributed by atoms with van der Waals surface area (Å²) in [6, 6.07) is 0.618. The lowest BCUT2D eigenvalue weighted by Gasteiger charge is -2.38. The third-order valence-corrected chi connectivity index (χ3v) is 6.29. The van der Waals surface area contributed by atoms with Crippen LogP contribution in [0.3, 0.4) is 0 Å². The maximum absolute atomic E-state index is 10.1. The van der Waals surface area contributed by atoms with Gasteiger partial charge in [0.15, 0.2) is 5.13 Å². The first-order valence-corrected chi connectivity index (χ1v) is 8.68. The second-order valence-electron chi connectivity index (χ2n) is 7.22. The quantitative estimate of drug-likeness (QED) is 0.898. The Morgan fingerprint density at radius 1 is 1.25 bits per heavy atom. The molecule has 0 spiro atoms. The summed E-state index contributed by atoms with van der Waals surface area (Å²) in [7, 11) is 2.18. The highest BCUT2D eigenvalue weighted by atomic mass is 32.1. The van der Waals surface area contributed by atoms with Crippen LogP contribution in [0.25, 0.3) is 0 Å². The number of hydrogen-bond acceptors (Lipinski definition) is 4. The van der Waals surface area contributed by atoms with Gasteiger partial charge in [-0.05, 0) is 50.4 Å². The average molecular weight is 294 g/mol. The predicted octanol–water partition coefficient (Wildman–Crippen LogP) is 3.92. The summed E-state index contributed by atoms with van der Waals surface area (Å²) in [5, 5.41) is 11.2. The summed E-state index contributed by atoms with van der Waals surface area (Å²) in [4.78, 5) is 8.41. The highest BCUT2D eigenvalue weighted by Gasteiger charge is 2.31. The van der Waals surface area contributed by atoms with Crippen LogP contribution in [0.4, 0.5) is 5.13 Å². The molecule has 3 nitrogen and oxygen atoms in total. The highest BCUT2D eigenvalue weighted by Crippen LogP contribution is 2.40. The van der Waals surface area contributed by atoms with Crippen molar-refractivity contribution in [3.63, 3.8) is 0 Å². The maximum atomic E-state index is 10.1. The molecule has 1 atom stereocenters. The number of aliphatic hydroxyl groups is 1. The van der Waals surface area contributed by atoms with Gasteiger partial charge < -0.3 is 10.0 Å². The molecule has 112 valence electrons. The molecule has 0 bridgehead atoms. The Morgan fingerprint density at radius 3 is 2.60 bits per heavy atom. The van der Waals surface area contributed by atoms with E-state index in [0.29, 0.717) is 11.5 Å². The molecule has 1 aromatic heterocycles.